The van der Waals surface area contributed by atoms with Gasteiger partial charge in [-0.15, -0.1) is 0 Å². The van der Waals surface area contributed by atoms with Gasteiger partial charge in [0, 0.05) is 26.5 Å². The summed E-state index contributed by atoms with van der Waals surface area (Å²) in [6.07, 6.45) is 4.05. The maximum atomic E-state index is 5.08. The average Bonchev–Trinajstić information content (AvgIpc) is 2.79. The first-order valence-corrected chi connectivity index (χ1v) is 6.42. The molecule has 0 saturated carbocycles. The lowest BCUT2D eigenvalue weighted by Gasteiger charge is -2.23. The van der Waals surface area contributed by atoms with E-state index in [1.165, 1.54) is 5.69 Å². The fraction of sp³-hybridized carbons (Fsp3) is 0.769. The fourth-order valence-electron chi connectivity index (χ4n) is 2.11. The molecule has 1 heterocycles. The Bertz CT molecular complexity index is 311. The van der Waals surface area contributed by atoms with Crippen LogP contribution < -0.4 is 5.32 Å². The molecule has 1 aromatic heterocycles. The van der Waals surface area contributed by atoms with Crippen LogP contribution >= 0.6 is 0 Å². The quantitative estimate of drug-likeness (QED) is 0.707. The molecule has 0 aliphatic rings. The summed E-state index contributed by atoms with van der Waals surface area (Å²) in [5.74, 6) is 0.609. The van der Waals surface area contributed by atoms with Crippen molar-refractivity contribution in [1.82, 2.24) is 15.1 Å². The number of hydrogen-bond acceptors (Lipinski definition) is 3. The summed E-state index contributed by atoms with van der Waals surface area (Å²) in [6, 6.07) is 2.49. The lowest BCUT2D eigenvalue weighted by Crippen LogP contribution is -2.26. The van der Waals surface area contributed by atoms with E-state index in [2.05, 4.69) is 35.0 Å². The Kier molecular flexibility index (Phi) is 6.22. The van der Waals surface area contributed by atoms with E-state index < -0.39 is 0 Å². The number of rotatable bonds is 8. The normalized spacial score (nSPS) is 14.8. The van der Waals surface area contributed by atoms with Crippen LogP contribution in [0.5, 0.6) is 0 Å². The van der Waals surface area contributed by atoms with Gasteiger partial charge in [-0.05, 0) is 25.5 Å². The maximum Gasteiger partial charge on any atom is 0.0556 e. The zero-order chi connectivity index (χ0) is 12.7. The van der Waals surface area contributed by atoms with Crippen molar-refractivity contribution in [3.8, 4) is 0 Å². The molecule has 0 saturated heterocycles. The highest BCUT2D eigenvalue weighted by Crippen LogP contribution is 2.23. The van der Waals surface area contributed by atoms with Crippen molar-refractivity contribution in [1.29, 1.82) is 0 Å². The number of nitrogens with zero attached hydrogens (tertiary/aromatic N) is 2. The minimum Gasteiger partial charge on any atom is -0.385 e. The van der Waals surface area contributed by atoms with E-state index in [1.807, 2.05) is 13.2 Å². The molecule has 0 spiro atoms. The monoisotopic (exact) mass is 239 g/mol. The highest BCUT2D eigenvalue weighted by atomic mass is 16.5. The Labute approximate surface area is 104 Å². The predicted octanol–water partition coefficient (Wildman–Crippen LogP) is 2.23. The van der Waals surface area contributed by atoms with E-state index in [-0.39, 0.29) is 0 Å². The molecule has 1 rings (SSSR count). The van der Waals surface area contributed by atoms with Crippen LogP contribution in [0.1, 0.15) is 38.4 Å². The molecule has 0 radical (unpaired) electrons. The van der Waals surface area contributed by atoms with E-state index >= 15 is 0 Å². The van der Waals surface area contributed by atoms with Crippen LogP contribution in [-0.4, -0.2) is 30.5 Å². The molecular weight excluding hydrogens is 214 g/mol. The summed E-state index contributed by atoms with van der Waals surface area (Å²) in [5, 5.41) is 7.79. The Morgan fingerprint density at radius 2 is 2.29 bits per heavy atom. The largest absolute Gasteiger partial charge is 0.385 e. The lowest BCUT2D eigenvalue weighted by molar-refractivity contribution is 0.188. The first-order chi connectivity index (χ1) is 8.24. The molecular formula is C13H25N3O. The van der Waals surface area contributed by atoms with Crippen LogP contribution in [0.2, 0.25) is 0 Å². The summed E-state index contributed by atoms with van der Waals surface area (Å²) in [4.78, 5) is 0. The SMILES string of the molecule is CCC(C)C(NC)c1ccnn1CCCOC. The molecule has 0 bridgehead atoms. The Hall–Kier alpha value is -0.870. The van der Waals surface area contributed by atoms with E-state index in [0.29, 0.717) is 12.0 Å². The van der Waals surface area contributed by atoms with Gasteiger partial charge in [-0.3, -0.25) is 4.68 Å². The molecule has 0 aliphatic heterocycles. The molecule has 0 fully saturated rings. The summed E-state index contributed by atoms with van der Waals surface area (Å²) >= 11 is 0. The van der Waals surface area contributed by atoms with Gasteiger partial charge in [-0.25, -0.2) is 0 Å². The summed E-state index contributed by atoms with van der Waals surface area (Å²) < 4.78 is 7.17. The number of nitrogens with one attached hydrogen (secondary N) is 1. The average molecular weight is 239 g/mol. The topological polar surface area (TPSA) is 39.1 Å². The van der Waals surface area contributed by atoms with Crippen LogP contribution in [0.25, 0.3) is 0 Å². The molecule has 2 unspecified atom stereocenters. The Morgan fingerprint density at radius 3 is 2.88 bits per heavy atom. The van der Waals surface area contributed by atoms with Crippen LogP contribution in [-0.2, 0) is 11.3 Å². The van der Waals surface area contributed by atoms with Gasteiger partial charge >= 0.3 is 0 Å². The summed E-state index contributed by atoms with van der Waals surface area (Å²) in [5.41, 5.74) is 1.28. The molecule has 4 heteroatoms. The number of aryl methyl sites for hydroxylation is 1. The predicted molar refractivity (Wildman–Crippen MR) is 70.0 cm³/mol. The molecule has 17 heavy (non-hydrogen) atoms. The summed E-state index contributed by atoms with van der Waals surface area (Å²) in [6.45, 7) is 6.20. The molecule has 2 atom stereocenters. The smallest absolute Gasteiger partial charge is 0.0556 e. The molecule has 1 aromatic rings. The number of ether oxygens (including phenoxy) is 1. The van der Waals surface area contributed by atoms with Crippen LogP contribution in [0.3, 0.4) is 0 Å². The highest BCUT2D eigenvalue weighted by molar-refractivity contribution is 5.08. The van der Waals surface area contributed by atoms with Crippen molar-refractivity contribution in [2.75, 3.05) is 20.8 Å². The van der Waals surface area contributed by atoms with Gasteiger partial charge < -0.3 is 10.1 Å². The van der Waals surface area contributed by atoms with Crippen molar-refractivity contribution < 1.29 is 4.74 Å². The second kappa shape index (κ2) is 7.45. The Balaban J connectivity index is 2.71. The zero-order valence-electron chi connectivity index (χ0n) is 11.4. The first kappa shape index (κ1) is 14.2. The number of aromatic nitrogens is 2. The van der Waals surface area contributed by atoms with Gasteiger partial charge in [0.05, 0.1) is 11.7 Å². The van der Waals surface area contributed by atoms with E-state index in [9.17, 15) is 0 Å². The third-order valence-electron chi connectivity index (χ3n) is 3.31. The van der Waals surface area contributed by atoms with E-state index in [4.69, 9.17) is 4.74 Å². The van der Waals surface area contributed by atoms with E-state index in [1.54, 1.807) is 7.11 Å². The molecule has 0 amide bonds. The van der Waals surface area contributed by atoms with Gasteiger partial charge in [0.2, 0.25) is 0 Å². The van der Waals surface area contributed by atoms with Gasteiger partial charge in [-0.2, -0.15) is 5.10 Å². The first-order valence-electron chi connectivity index (χ1n) is 6.42. The summed E-state index contributed by atoms with van der Waals surface area (Å²) in [7, 11) is 3.75. The second-order valence-electron chi connectivity index (χ2n) is 4.48. The standard InChI is InChI=1S/C13H25N3O/c1-5-11(2)13(14-3)12-7-8-15-16(12)9-6-10-17-4/h7-8,11,13-14H,5-6,9-10H2,1-4H3. The van der Waals surface area contributed by atoms with Crippen molar-refractivity contribution in [2.24, 2.45) is 5.92 Å². The molecule has 1 N–H and O–H groups in total. The zero-order valence-corrected chi connectivity index (χ0v) is 11.4. The van der Waals surface area contributed by atoms with E-state index in [0.717, 1.165) is 26.0 Å². The van der Waals surface area contributed by atoms with Crippen LogP contribution in [0, 0.1) is 5.92 Å². The van der Waals surface area contributed by atoms with Crippen molar-refractivity contribution in [2.45, 2.75) is 39.3 Å². The molecule has 4 nitrogen and oxygen atoms in total. The van der Waals surface area contributed by atoms with Crippen molar-refractivity contribution in [3.05, 3.63) is 18.0 Å². The minimum absolute atomic E-state index is 0.380. The molecule has 98 valence electrons. The molecule has 0 aliphatic carbocycles. The van der Waals surface area contributed by atoms with Crippen molar-refractivity contribution in [3.63, 3.8) is 0 Å². The third-order valence-corrected chi connectivity index (χ3v) is 3.31. The number of hydrogen-bond donors (Lipinski definition) is 1. The van der Waals surface area contributed by atoms with Gasteiger partial charge in [0.1, 0.15) is 0 Å². The van der Waals surface area contributed by atoms with Gasteiger partial charge in [-0.1, -0.05) is 20.3 Å². The highest BCUT2D eigenvalue weighted by Gasteiger charge is 2.19. The minimum atomic E-state index is 0.380. The van der Waals surface area contributed by atoms with Crippen LogP contribution in [0.4, 0.5) is 0 Å². The van der Waals surface area contributed by atoms with Gasteiger partial charge in [0.15, 0.2) is 0 Å². The third kappa shape index (κ3) is 3.82. The maximum absolute atomic E-state index is 5.08. The fourth-order valence-corrected chi connectivity index (χ4v) is 2.11. The van der Waals surface area contributed by atoms with Gasteiger partial charge in [0.25, 0.3) is 0 Å². The second-order valence-corrected chi connectivity index (χ2v) is 4.48. The van der Waals surface area contributed by atoms with Crippen LogP contribution in [0.15, 0.2) is 12.3 Å². The lowest BCUT2D eigenvalue weighted by atomic mass is 9.96. The van der Waals surface area contributed by atoms with Crippen molar-refractivity contribution >= 4 is 0 Å². The molecule has 0 aromatic carbocycles. The Morgan fingerprint density at radius 1 is 1.53 bits per heavy atom. The number of methoxy groups -OCH3 is 1.